The fourth-order valence-electron chi connectivity index (χ4n) is 3.60. The van der Waals surface area contributed by atoms with E-state index < -0.39 is 0 Å². The molecule has 1 saturated carbocycles. The highest BCUT2D eigenvalue weighted by atomic mass is 16.5. The third-order valence-electron chi connectivity index (χ3n) is 5.60. The molecular formula is C20H28N2O4. The van der Waals surface area contributed by atoms with Gasteiger partial charge >= 0.3 is 0 Å². The molecule has 0 atom stereocenters. The predicted molar refractivity (Wildman–Crippen MR) is 98.4 cm³/mol. The Labute approximate surface area is 155 Å². The normalized spacial score (nSPS) is 18.6. The molecule has 6 nitrogen and oxygen atoms in total. The van der Waals surface area contributed by atoms with Crippen LogP contribution >= 0.6 is 0 Å². The maximum atomic E-state index is 12.8. The summed E-state index contributed by atoms with van der Waals surface area (Å²) in [6.07, 6.45) is 2.71. The lowest BCUT2D eigenvalue weighted by molar-refractivity contribution is -0.139. The average Bonchev–Trinajstić information content (AvgIpc) is 3.47. The number of hydrogen-bond donors (Lipinski definition) is 0. The summed E-state index contributed by atoms with van der Waals surface area (Å²) >= 11 is 0. The maximum Gasteiger partial charge on any atom is 0.254 e. The molecule has 3 rings (SSSR count). The quantitative estimate of drug-likeness (QED) is 0.780. The number of rotatable bonds is 6. The number of piperazine rings is 1. The van der Waals surface area contributed by atoms with Crippen LogP contribution in [0.2, 0.25) is 0 Å². The van der Waals surface area contributed by atoms with E-state index in [1.54, 1.807) is 20.3 Å². The first-order chi connectivity index (χ1) is 12.5. The number of methoxy groups -OCH3 is 2. The largest absolute Gasteiger partial charge is 0.496 e. The minimum atomic E-state index is -0.202. The molecule has 1 aliphatic heterocycles. The Kier molecular flexibility index (Phi) is 5.51. The zero-order chi connectivity index (χ0) is 18.7. The summed E-state index contributed by atoms with van der Waals surface area (Å²) in [5.41, 5.74) is 1.43. The van der Waals surface area contributed by atoms with E-state index in [1.807, 2.05) is 28.9 Å². The van der Waals surface area contributed by atoms with Crippen LogP contribution in [0.5, 0.6) is 5.75 Å². The topological polar surface area (TPSA) is 59.1 Å². The van der Waals surface area contributed by atoms with Crippen molar-refractivity contribution in [1.82, 2.24) is 9.80 Å². The molecule has 1 aromatic rings. The van der Waals surface area contributed by atoms with Crippen LogP contribution in [0.15, 0.2) is 18.2 Å². The Morgan fingerprint density at radius 2 is 1.73 bits per heavy atom. The van der Waals surface area contributed by atoms with Crippen molar-refractivity contribution < 1.29 is 19.1 Å². The van der Waals surface area contributed by atoms with Gasteiger partial charge in [0, 0.05) is 45.5 Å². The number of ether oxygens (including phenoxy) is 2. The van der Waals surface area contributed by atoms with Crippen molar-refractivity contribution in [3.05, 3.63) is 29.3 Å². The molecule has 0 radical (unpaired) electrons. The lowest BCUT2D eigenvalue weighted by Gasteiger charge is -2.36. The molecule has 1 aromatic carbocycles. The third kappa shape index (κ3) is 3.70. The molecular weight excluding hydrogens is 332 g/mol. The van der Waals surface area contributed by atoms with Crippen LogP contribution in [0.4, 0.5) is 0 Å². The molecule has 0 spiro atoms. The lowest BCUT2D eigenvalue weighted by atomic mass is 10.0. The first-order valence-electron chi connectivity index (χ1n) is 9.23. The average molecular weight is 360 g/mol. The van der Waals surface area contributed by atoms with Gasteiger partial charge in [0.25, 0.3) is 5.91 Å². The maximum absolute atomic E-state index is 12.8. The SMILES string of the molecule is COCCC1(C(=O)N2CCN(C(=O)c3ccc(C)c(OC)c3)CC2)CC1. The van der Waals surface area contributed by atoms with Crippen LogP contribution in [0.3, 0.4) is 0 Å². The standard InChI is InChI=1S/C20H28N2O4/c1-15-4-5-16(14-17(15)26-3)18(23)21-9-11-22(12-10-21)19(24)20(6-7-20)8-13-25-2/h4-5,14H,6-13H2,1-3H3. The van der Waals surface area contributed by atoms with Crippen molar-refractivity contribution in [2.75, 3.05) is 47.0 Å². The summed E-state index contributed by atoms with van der Waals surface area (Å²) in [6, 6.07) is 5.53. The third-order valence-corrected chi connectivity index (χ3v) is 5.60. The van der Waals surface area contributed by atoms with E-state index in [1.165, 1.54) is 0 Å². The molecule has 1 heterocycles. The molecule has 2 fully saturated rings. The molecule has 0 bridgehead atoms. The number of aryl methyl sites for hydroxylation is 1. The molecule has 6 heteroatoms. The van der Waals surface area contributed by atoms with Gasteiger partial charge in [0.1, 0.15) is 5.75 Å². The molecule has 0 N–H and O–H groups in total. The number of carbonyl (C=O) groups excluding carboxylic acids is 2. The molecule has 1 aliphatic carbocycles. The van der Waals surface area contributed by atoms with Gasteiger partial charge in [-0.2, -0.15) is 0 Å². The number of carbonyl (C=O) groups is 2. The zero-order valence-electron chi connectivity index (χ0n) is 15.9. The minimum absolute atomic E-state index is 0.00378. The van der Waals surface area contributed by atoms with Crippen molar-refractivity contribution in [3.8, 4) is 5.75 Å². The molecule has 0 aromatic heterocycles. The first kappa shape index (κ1) is 18.7. The number of amides is 2. The summed E-state index contributed by atoms with van der Waals surface area (Å²) < 4.78 is 10.5. The van der Waals surface area contributed by atoms with Crippen LogP contribution in [0.25, 0.3) is 0 Å². The monoisotopic (exact) mass is 360 g/mol. The highest BCUT2D eigenvalue weighted by Gasteiger charge is 2.51. The second-order valence-corrected chi connectivity index (χ2v) is 7.29. The zero-order valence-corrected chi connectivity index (χ0v) is 15.9. The van der Waals surface area contributed by atoms with Gasteiger partial charge < -0.3 is 19.3 Å². The Bertz CT molecular complexity index is 676. The summed E-state index contributed by atoms with van der Waals surface area (Å²) in [7, 11) is 3.28. The van der Waals surface area contributed by atoms with E-state index in [0.29, 0.717) is 38.3 Å². The highest BCUT2D eigenvalue weighted by Crippen LogP contribution is 2.50. The van der Waals surface area contributed by atoms with Crippen LogP contribution in [-0.4, -0.2) is 68.6 Å². The van der Waals surface area contributed by atoms with Gasteiger partial charge in [0.05, 0.1) is 12.5 Å². The van der Waals surface area contributed by atoms with E-state index in [4.69, 9.17) is 9.47 Å². The summed E-state index contributed by atoms with van der Waals surface area (Å²) in [5, 5.41) is 0. The minimum Gasteiger partial charge on any atom is -0.496 e. The van der Waals surface area contributed by atoms with Gasteiger partial charge in [-0.05, 0) is 43.9 Å². The van der Waals surface area contributed by atoms with Crippen molar-refractivity contribution in [3.63, 3.8) is 0 Å². The van der Waals surface area contributed by atoms with Gasteiger partial charge in [-0.3, -0.25) is 9.59 Å². The summed E-state index contributed by atoms with van der Waals surface area (Å²) in [6.45, 7) is 4.92. The van der Waals surface area contributed by atoms with E-state index in [0.717, 1.165) is 30.6 Å². The highest BCUT2D eigenvalue weighted by molar-refractivity contribution is 5.95. The Morgan fingerprint density at radius 1 is 1.08 bits per heavy atom. The van der Waals surface area contributed by atoms with Crippen molar-refractivity contribution in [1.29, 1.82) is 0 Å². The molecule has 2 amide bonds. The van der Waals surface area contributed by atoms with Gasteiger partial charge in [-0.1, -0.05) is 6.07 Å². The van der Waals surface area contributed by atoms with Gasteiger partial charge in [0.2, 0.25) is 5.91 Å². The van der Waals surface area contributed by atoms with Crippen LogP contribution < -0.4 is 4.74 Å². The number of nitrogens with zero attached hydrogens (tertiary/aromatic N) is 2. The van der Waals surface area contributed by atoms with Crippen LogP contribution in [-0.2, 0) is 9.53 Å². The number of hydrogen-bond acceptors (Lipinski definition) is 4. The summed E-state index contributed by atoms with van der Waals surface area (Å²) in [4.78, 5) is 29.3. The van der Waals surface area contributed by atoms with E-state index in [2.05, 4.69) is 0 Å². The lowest BCUT2D eigenvalue weighted by Crippen LogP contribution is -2.52. The van der Waals surface area contributed by atoms with Gasteiger partial charge in [-0.25, -0.2) is 0 Å². The van der Waals surface area contributed by atoms with Gasteiger partial charge in [-0.15, -0.1) is 0 Å². The van der Waals surface area contributed by atoms with Gasteiger partial charge in [0.15, 0.2) is 0 Å². The van der Waals surface area contributed by atoms with Crippen LogP contribution in [0.1, 0.15) is 35.2 Å². The van der Waals surface area contributed by atoms with E-state index >= 15 is 0 Å². The molecule has 2 aliphatic rings. The Hall–Kier alpha value is -2.08. The van der Waals surface area contributed by atoms with E-state index in [-0.39, 0.29) is 17.2 Å². The molecule has 26 heavy (non-hydrogen) atoms. The Morgan fingerprint density at radius 3 is 2.31 bits per heavy atom. The second-order valence-electron chi connectivity index (χ2n) is 7.29. The smallest absolute Gasteiger partial charge is 0.254 e. The fourth-order valence-corrected chi connectivity index (χ4v) is 3.60. The van der Waals surface area contributed by atoms with Crippen LogP contribution in [0, 0.1) is 12.3 Å². The number of benzene rings is 1. The predicted octanol–water partition coefficient (Wildman–Crippen LogP) is 2.10. The van der Waals surface area contributed by atoms with Crippen molar-refractivity contribution in [2.45, 2.75) is 26.2 Å². The van der Waals surface area contributed by atoms with E-state index in [9.17, 15) is 9.59 Å². The molecule has 1 saturated heterocycles. The first-order valence-corrected chi connectivity index (χ1v) is 9.23. The molecule has 142 valence electrons. The second kappa shape index (κ2) is 7.66. The summed E-state index contributed by atoms with van der Waals surface area (Å²) in [5.74, 6) is 0.952. The Balaban J connectivity index is 1.58. The fraction of sp³-hybridized carbons (Fsp3) is 0.600. The van der Waals surface area contributed by atoms with Crippen molar-refractivity contribution in [2.24, 2.45) is 5.41 Å². The van der Waals surface area contributed by atoms with Crippen molar-refractivity contribution >= 4 is 11.8 Å². The molecule has 0 unspecified atom stereocenters.